The van der Waals surface area contributed by atoms with Gasteiger partial charge in [0, 0.05) is 42.9 Å². The maximum absolute atomic E-state index is 12.5. The fourth-order valence-electron chi connectivity index (χ4n) is 2.73. The van der Waals surface area contributed by atoms with E-state index in [9.17, 15) is 13.6 Å². The lowest BCUT2D eigenvalue weighted by Crippen LogP contribution is -2.28. The van der Waals surface area contributed by atoms with Crippen LogP contribution in [0.1, 0.15) is 32.9 Å². The number of benzene rings is 1. The van der Waals surface area contributed by atoms with Crippen LogP contribution in [0.3, 0.4) is 0 Å². The average Bonchev–Trinajstić information content (AvgIpc) is 2.98. The molecular weight excluding hydrogens is 318 g/mol. The van der Waals surface area contributed by atoms with Crippen LogP contribution < -0.4 is 15.4 Å². The molecule has 0 fully saturated rings. The van der Waals surface area contributed by atoms with Crippen molar-refractivity contribution in [3.05, 3.63) is 46.3 Å². The van der Waals surface area contributed by atoms with E-state index >= 15 is 0 Å². The van der Waals surface area contributed by atoms with Crippen LogP contribution in [-0.4, -0.2) is 29.3 Å². The molecule has 0 aliphatic carbocycles. The predicted octanol–water partition coefficient (Wildman–Crippen LogP) is 1.90. The number of fused-ring (bicyclic) bond motifs is 1. The molecule has 6 nitrogen and oxygen atoms in total. The molecule has 2 heterocycles. The number of H-pyrrole nitrogens is 1. The number of amides is 1. The number of nitrogens with one attached hydrogen (secondary N) is 3. The minimum atomic E-state index is -2.91. The fourth-order valence-corrected chi connectivity index (χ4v) is 2.73. The largest absolute Gasteiger partial charge is 0.434 e. The summed E-state index contributed by atoms with van der Waals surface area (Å²) in [5.74, 6) is -0.290. The number of alkyl halides is 2. The molecule has 0 saturated carbocycles. The van der Waals surface area contributed by atoms with Crippen molar-refractivity contribution in [2.24, 2.45) is 0 Å². The van der Waals surface area contributed by atoms with Crippen molar-refractivity contribution in [2.45, 2.75) is 33.0 Å². The van der Waals surface area contributed by atoms with Gasteiger partial charge in [0.2, 0.25) is 0 Å². The van der Waals surface area contributed by atoms with E-state index in [0.29, 0.717) is 17.8 Å². The summed E-state index contributed by atoms with van der Waals surface area (Å²) in [6.07, 6.45) is 0.792. The van der Waals surface area contributed by atoms with Crippen molar-refractivity contribution < 1.29 is 18.3 Å². The number of ether oxygens (including phenoxy) is 1. The summed E-state index contributed by atoms with van der Waals surface area (Å²) in [6.45, 7) is 0.434. The minimum Gasteiger partial charge on any atom is -0.434 e. The lowest BCUT2D eigenvalue weighted by molar-refractivity contribution is -0.0504. The van der Waals surface area contributed by atoms with Crippen LogP contribution in [0.4, 0.5) is 8.78 Å². The number of rotatable bonds is 5. The van der Waals surface area contributed by atoms with Gasteiger partial charge in [-0.05, 0) is 13.0 Å². The van der Waals surface area contributed by atoms with Crippen LogP contribution in [0.15, 0.2) is 18.2 Å². The Morgan fingerprint density at radius 2 is 2.29 bits per heavy atom. The molecular formula is C16H18F2N4O2. The second-order valence-corrected chi connectivity index (χ2v) is 5.63. The summed E-state index contributed by atoms with van der Waals surface area (Å²) >= 11 is 0. The van der Waals surface area contributed by atoms with Crippen molar-refractivity contribution in [3.8, 4) is 5.75 Å². The summed E-state index contributed by atoms with van der Waals surface area (Å²) in [5.41, 5.74) is 3.53. The highest BCUT2D eigenvalue weighted by Crippen LogP contribution is 2.22. The Morgan fingerprint density at radius 3 is 3.08 bits per heavy atom. The first kappa shape index (κ1) is 16.4. The summed E-state index contributed by atoms with van der Waals surface area (Å²) in [4.78, 5) is 12.4. The zero-order valence-electron chi connectivity index (χ0n) is 13.2. The molecule has 1 aliphatic heterocycles. The number of aromatic nitrogens is 2. The topological polar surface area (TPSA) is 79.0 Å². The Labute approximate surface area is 137 Å². The Balaban J connectivity index is 1.72. The highest BCUT2D eigenvalue weighted by Gasteiger charge is 2.21. The second kappa shape index (κ2) is 6.96. The number of hydrogen-bond donors (Lipinski definition) is 3. The first-order chi connectivity index (χ1) is 11.5. The molecule has 1 aromatic heterocycles. The van der Waals surface area contributed by atoms with E-state index in [1.807, 2.05) is 6.92 Å². The summed E-state index contributed by atoms with van der Waals surface area (Å²) in [7, 11) is 0. The van der Waals surface area contributed by atoms with Crippen molar-refractivity contribution >= 4 is 5.91 Å². The molecule has 128 valence electrons. The van der Waals surface area contributed by atoms with E-state index in [0.717, 1.165) is 29.8 Å². The van der Waals surface area contributed by atoms with Gasteiger partial charge in [0.05, 0.1) is 0 Å². The fraction of sp³-hybridized carbons (Fsp3) is 0.375. The Bertz CT molecular complexity index is 746. The molecule has 1 aromatic carbocycles. The van der Waals surface area contributed by atoms with Gasteiger partial charge in [-0.25, -0.2) is 0 Å². The number of aromatic amines is 1. The molecule has 0 spiro atoms. The molecule has 1 amide bonds. The third-order valence-corrected chi connectivity index (χ3v) is 3.89. The highest BCUT2D eigenvalue weighted by atomic mass is 19.3. The van der Waals surface area contributed by atoms with Crippen LogP contribution in [0.2, 0.25) is 0 Å². The highest BCUT2D eigenvalue weighted by molar-refractivity contribution is 5.94. The van der Waals surface area contributed by atoms with Crippen LogP contribution >= 0.6 is 0 Å². The number of carbonyl (C=O) groups excluding carboxylic acids is 1. The van der Waals surface area contributed by atoms with E-state index in [1.165, 1.54) is 6.07 Å². The van der Waals surface area contributed by atoms with Gasteiger partial charge < -0.3 is 15.4 Å². The SMILES string of the molecule is Cc1ccc(OC(F)F)c(CNC(=O)c2n[nH]c3c2CNCC3)c1. The first-order valence-electron chi connectivity index (χ1n) is 7.64. The van der Waals surface area contributed by atoms with Gasteiger partial charge in [-0.2, -0.15) is 13.9 Å². The molecule has 3 N–H and O–H groups in total. The Morgan fingerprint density at radius 1 is 1.46 bits per heavy atom. The van der Waals surface area contributed by atoms with Crippen LogP contribution in [0.5, 0.6) is 5.75 Å². The van der Waals surface area contributed by atoms with E-state index in [-0.39, 0.29) is 18.2 Å². The van der Waals surface area contributed by atoms with Crippen molar-refractivity contribution in [1.82, 2.24) is 20.8 Å². The lowest BCUT2D eigenvalue weighted by atomic mass is 10.1. The second-order valence-electron chi connectivity index (χ2n) is 5.63. The maximum atomic E-state index is 12.5. The zero-order valence-corrected chi connectivity index (χ0v) is 13.2. The number of carbonyl (C=O) groups is 1. The van der Waals surface area contributed by atoms with Crippen LogP contribution in [-0.2, 0) is 19.5 Å². The van der Waals surface area contributed by atoms with Gasteiger partial charge in [0.1, 0.15) is 5.75 Å². The Kier molecular flexibility index (Phi) is 4.75. The third-order valence-electron chi connectivity index (χ3n) is 3.89. The molecule has 0 saturated heterocycles. The summed E-state index contributed by atoms with van der Waals surface area (Å²) in [5, 5.41) is 12.9. The maximum Gasteiger partial charge on any atom is 0.387 e. The summed E-state index contributed by atoms with van der Waals surface area (Å²) in [6, 6.07) is 4.86. The number of aryl methyl sites for hydroxylation is 1. The van der Waals surface area contributed by atoms with Gasteiger partial charge in [0.25, 0.3) is 5.91 Å². The number of hydrogen-bond acceptors (Lipinski definition) is 4. The van der Waals surface area contributed by atoms with Crippen LogP contribution in [0.25, 0.3) is 0 Å². The quantitative estimate of drug-likeness (QED) is 0.779. The predicted molar refractivity (Wildman–Crippen MR) is 83.0 cm³/mol. The van der Waals surface area contributed by atoms with Crippen LogP contribution in [0, 0.1) is 6.92 Å². The third kappa shape index (κ3) is 3.53. The molecule has 8 heteroatoms. The van der Waals surface area contributed by atoms with Crippen molar-refractivity contribution in [3.63, 3.8) is 0 Å². The normalized spacial score (nSPS) is 13.7. The van der Waals surface area contributed by atoms with Gasteiger partial charge >= 0.3 is 6.61 Å². The number of nitrogens with zero attached hydrogens (tertiary/aromatic N) is 1. The van der Waals surface area contributed by atoms with Crippen molar-refractivity contribution in [2.75, 3.05) is 6.54 Å². The van der Waals surface area contributed by atoms with Gasteiger partial charge in [0.15, 0.2) is 5.69 Å². The number of halogens is 2. The van der Waals surface area contributed by atoms with Gasteiger partial charge in [-0.1, -0.05) is 17.7 Å². The molecule has 0 radical (unpaired) electrons. The first-order valence-corrected chi connectivity index (χ1v) is 7.64. The molecule has 0 unspecified atom stereocenters. The standard InChI is InChI=1S/C16H18F2N4O2/c1-9-2-3-13(24-16(17)18)10(6-9)7-20-15(23)14-11-8-19-5-4-12(11)21-22-14/h2-3,6,16,19H,4-5,7-8H2,1H3,(H,20,23)(H,21,22). The molecule has 3 rings (SSSR count). The molecule has 2 aromatic rings. The van der Waals surface area contributed by atoms with E-state index in [4.69, 9.17) is 0 Å². The summed E-state index contributed by atoms with van der Waals surface area (Å²) < 4.78 is 29.5. The van der Waals surface area contributed by atoms with E-state index in [2.05, 4.69) is 25.6 Å². The Hall–Kier alpha value is -2.48. The molecule has 24 heavy (non-hydrogen) atoms. The van der Waals surface area contributed by atoms with Gasteiger partial charge in [-0.15, -0.1) is 0 Å². The molecule has 0 atom stereocenters. The van der Waals surface area contributed by atoms with E-state index < -0.39 is 6.61 Å². The molecule has 1 aliphatic rings. The molecule has 0 bridgehead atoms. The van der Waals surface area contributed by atoms with Crippen molar-refractivity contribution in [1.29, 1.82) is 0 Å². The monoisotopic (exact) mass is 336 g/mol. The average molecular weight is 336 g/mol. The zero-order chi connectivity index (χ0) is 17.1. The smallest absolute Gasteiger partial charge is 0.387 e. The minimum absolute atomic E-state index is 0.0571. The van der Waals surface area contributed by atoms with Gasteiger partial charge in [-0.3, -0.25) is 9.89 Å². The lowest BCUT2D eigenvalue weighted by Gasteiger charge is -2.14. The van der Waals surface area contributed by atoms with E-state index in [1.54, 1.807) is 12.1 Å².